The van der Waals surface area contributed by atoms with Crippen molar-refractivity contribution in [3.05, 3.63) is 35.9 Å². The molecule has 1 aromatic rings. The summed E-state index contributed by atoms with van der Waals surface area (Å²) < 4.78 is 0. The van der Waals surface area contributed by atoms with Crippen molar-refractivity contribution in [1.29, 1.82) is 0 Å². The molecule has 110 valence electrons. The first kappa shape index (κ1) is 13.9. The summed E-state index contributed by atoms with van der Waals surface area (Å²) in [5, 5.41) is 49.7. The molecule has 0 amide bonds. The van der Waals surface area contributed by atoms with E-state index >= 15 is 0 Å². The van der Waals surface area contributed by atoms with E-state index < -0.39 is 36.0 Å². The van der Waals surface area contributed by atoms with Crippen LogP contribution in [0.3, 0.4) is 0 Å². The minimum Gasteiger partial charge on any atom is -0.394 e. The zero-order valence-corrected chi connectivity index (χ0v) is 10.9. The molecule has 5 N–H and O–H groups in total. The number of nitrogens with zero attached hydrogens (tertiary/aromatic N) is 1. The van der Waals surface area contributed by atoms with E-state index in [1.54, 1.807) is 29.2 Å². The minimum absolute atomic E-state index is 0.118. The molecule has 3 rings (SSSR count). The lowest BCUT2D eigenvalue weighted by atomic mass is 9.87. The van der Waals surface area contributed by atoms with Crippen LogP contribution in [0.1, 0.15) is 11.7 Å². The van der Waals surface area contributed by atoms with Crippen LogP contribution in [0.5, 0.6) is 0 Å². The summed E-state index contributed by atoms with van der Waals surface area (Å²) in [5.41, 5.74) is -0.399. The van der Waals surface area contributed by atoms with E-state index in [0.29, 0.717) is 5.56 Å². The second-order valence-corrected chi connectivity index (χ2v) is 5.60. The Kier molecular flexibility index (Phi) is 3.32. The first-order valence-electron chi connectivity index (χ1n) is 6.69. The van der Waals surface area contributed by atoms with Crippen LogP contribution in [0.25, 0.3) is 0 Å². The molecule has 0 aliphatic carbocycles. The third kappa shape index (κ3) is 1.74. The fourth-order valence-electron chi connectivity index (χ4n) is 3.43. The highest BCUT2D eigenvalue weighted by molar-refractivity contribution is 5.32. The van der Waals surface area contributed by atoms with Crippen LogP contribution in [-0.2, 0) is 0 Å². The van der Waals surface area contributed by atoms with Gasteiger partial charge in [0.2, 0.25) is 0 Å². The van der Waals surface area contributed by atoms with E-state index in [2.05, 4.69) is 0 Å². The van der Waals surface area contributed by atoms with Crippen LogP contribution in [-0.4, -0.2) is 73.5 Å². The topological polar surface area (TPSA) is 104 Å². The smallest absolute Gasteiger partial charge is 0.109 e. The molecule has 0 spiro atoms. The van der Waals surface area contributed by atoms with E-state index in [1.807, 2.05) is 6.07 Å². The number of hydrogen-bond donors (Lipinski definition) is 5. The third-order valence-electron chi connectivity index (χ3n) is 4.62. The van der Waals surface area contributed by atoms with Crippen LogP contribution in [0.2, 0.25) is 0 Å². The molecule has 2 saturated heterocycles. The van der Waals surface area contributed by atoms with E-state index in [1.165, 1.54) is 0 Å². The molecule has 2 fully saturated rings. The molecule has 7 atom stereocenters. The summed E-state index contributed by atoms with van der Waals surface area (Å²) in [6.45, 7) is -0.264. The van der Waals surface area contributed by atoms with Gasteiger partial charge in [0, 0.05) is 6.54 Å². The molecule has 2 aliphatic heterocycles. The van der Waals surface area contributed by atoms with Crippen molar-refractivity contribution in [1.82, 2.24) is 4.90 Å². The van der Waals surface area contributed by atoms with E-state index in [-0.39, 0.29) is 13.2 Å². The summed E-state index contributed by atoms with van der Waals surface area (Å²) in [6.07, 6.45) is -4.58. The summed E-state index contributed by atoms with van der Waals surface area (Å²) in [6, 6.07) is 8.44. The van der Waals surface area contributed by atoms with Crippen LogP contribution < -0.4 is 0 Å². The van der Waals surface area contributed by atoms with Gasteiger partial charge in [-0.2, -0.15) is 0 Å². The molecule has 0 unspecified atom stereocenters. The molecule has 0 bridgehead atoms. The van der Waals surface area contributed by atoms with Crippen molar-refractivity contribution in [2.24, 2.45) is 0 Å². The molecule has 1 aromatic carbocycles. The van der Waals surface area contributed by atoms with Crippen molar-refractivity contribution < 1.29 is 25.5 Å². The number of piperidine rings is 1. The lowest BCUT2D eigenvalue weighted by Crippen LogP contribution is -2.57. The average Bonchev–Trinajstić information content (AvgIpc) is 3.14. The van der Waals surface area contributed by atoms with E-state index in [4.69, 9.17) is 0 Å². The molecule has 6 nitrogen and oxygen atoms in total. The first-order valence-corrected chi connectivity index (χ1v) is 6.69. The van der Waals surface area contributed by atoms with Crippen molar-refractivity contribution >= 4 is 0 Å². The zero-order chi connectivity index (χ0) is 14.5. The minimum atomic E-state index is -1.31. The predicted octanol–water partition coefficient (Wildman–Crippen LogP) is -1.77. The Hall–Kier alpha value is -1.02. The van der Waals surface area contributed by atoms with Gasteiger partial charge in [-0.15, -0.1) is 0 Å². The van der Waals surface area contributed by atoms with Crippen LogP contribution in [0.4, 0.5) is 0 Å². The van der Waals surface area contributed by atoms with Gasteiger partial charge in [0.15, 0.2) is 0 Å². The summed E-state index contributed by atoms with van der Waals surface area (Å²) in [7, 11) is 0. The van der Waals surface area contributed by atoms with Gasteiger partial charge in [0.1, 0.15) is 12.2 Å². The maximum Gasteiger partial charge on any atom is 0.109 e. The second-order valence-electron chi connectivity index (χ2n) is 5.60. The number of aliphatic hydroxyl groups is 5. The second kappa shape index (κ2) is 4.77. The SMILES string of the molecule is OC[C@]12[C@@H](O)[C@H](O)[C@@H](O)C[N@@]1[C@@H]2[C@@H](O)c1ccccc1. The molecule has 6 heteroatoms. The van der Waals surface area contributed by atoms with Gasteiger partial charge in [-0.25, -0.2) is 0 Å². The predicted molar refractivity (Wildman–Crippen MR) is 69.7 cm³/mol. The van der Waals surface area contributed by atoms with Gasteiger partial charge in [0.25, 0.3) is 0 Å². The van der Waals surface area contributed by atoms with Crippen LogP contribution in [0, 0.1) is 0 Å². The Morgan fingerprint density at radius 1 is 1.20 bits per heavy atom. The van der Waals surface area contributed by atoms with Gasteiger partial charge < -0.3 is 25.5 Å². The summed E-state index contributed by atoms with van der Waals surface area (Å²) in [5.74, 6) is 0. The molecular weight excluding hydrogens is 262 g/mol. The van der Waals surface area contributed by atoms with Crippen molar-refractivity contribution in [3.63, 3.8) is 0 Å². The van der Waals surface area contributed by atoms with Gasteiger partial charge in [-0.05, 0) is 5.56 Å². The number of β-amino-alcohol motifs (C(OH)–C–C–N with tert-alkyl or cyclic N) is 1. The fourth-order valence-corrected chi connectivity index (χ4v) is 3.43. The normalized spacial score (nSPS) is 44.8. The number of rotatable bonds is 3. The van der Waals surface area contributed by atoms with Gasteiger partial charge >= 0.3 is 0 Å². The molecule has 20 heavy (non-hydrogen) atoms. The fraction of sp³-hybridized carbons (Fsp3) is 0.571. The maximum atomic E-state index is 10.5. The van der Waals surface area contributed by atoms with Crippen LogP contribution in [0.15, 0.2) is 30.3 Å². The number of benzene rings is 1. The van der Waals surface area contributed by atoms with Crippen molar-refractivity contribution in [2.75, 3.05) is 13.2 Å². The molecule has 0 aromatic heterocycles. The van der Waals surface area contributed by atoms with Gasteiger partial charge in [-0.1, -0.05) is 30.3 Å². The third-order valence-corrected chi connectivity index (χ3v) is 4.62. The standard InChI is InChI=1S/C14H19NO5/c16-7-14-12(10(18)8-4-2-1-3-5-8)15(14)6-9(17)11(19)13(14)20/h1-5,9-13,16-20H,6-7H2/t9-,10-,11+,12+,13-,14-,15-/m0/s1. The Bertz CT molecular complexity index is 484. The highest BCUT2D eigenvalue weighted by Crippen LogP contribution is 2.53. The largest absolute Gasteiger partial charge is 0.394 e. The Morgan fingerprint density at radius 2 is 1.85 bits per heavy atom. The zero-order valence-electron chi connectivity index (χ0n) is 10.9. The molecule has 0 saturated carbocycles. The quantitative estimate of drug-likeness (QED) is 0.420. The van der Waals surface area contributed by atoms with Gasteiger partial charge in [-0.3, -0.25) is 4.90 Å². The number of fused-ring (bicyclic) bond motifs is 1. The number of aliphatic hydroxyl groups excluding tert-OH is 5. The average molecular weight is 281 g/mol. The van der Waals surface area contributed by atoms with Gasteiger partial charge in [0.05, 0.1) is 30.4 Å². The molecule has 0 radical (unpaired) electrons. The van der Waals surface area contributed by atoms with E-state index in [9.17, 15) is 25.5 Å². The summed E-state index contributed by atoms with van der Waals surface area (Å²) >= 11 is 0. The lowest BCUT2D eigenvalue weighted by molar-refractivity contribution is -0.115. The van der Waals surface area contributed by atoms with Crippen molar-refractivity contribution in [2.45, 2.75) is 36.0 Å². The Labute approximate surface area is 116 Å². The Morgan fingerprint density at radius 3 is 2.45 bits per heavy atom. The lowest BCUT2D eigenvalue weighted by Gasteiger charge is -2.34. The first-order chi connectivity index (χ1) is 9.54. The highest BCUT2D eigenvalue weighted by Gasteiger charge is 2.73. The number of hydrogen-bond acceptors (Lipinski definition) is 6. The molecule has 2 heterocycles. The Balaban J connectivity index is 1.89. The van der Waals surface area contributed by atoms with Crippen molar-refractivity contribution in [3.8, 4) is 0 Å². The highest BCUT2D eigenvalue weighted by atomic mass is 16.4. The van der Waals surface area contributed by atoms with Crippen LogP contribution >= 0.6 is 0 Å². The molecule has 2 aliphatic rings. The summed E-state index contributed by atoms with van der Waals surface area (Å²) in [4.78, 5) is 1.66. The van der Waals surface area contributed by atoms with E-state index in [0.717, 1.165) is 0 Å². The monoisotopic (exact) mass is 281 g/mol. The molecular formula is C14H19NO5. The maximum absolute atomic E-state index is 10.5.